The highest BCUT2D eigenvalue weighted by Gasteiger charge is 2.30. The zero-order valence-electron chi connectivity index (χ0n) is 44.8. The molecular formula is C58H106N2O7P+. The van der Waals surface area contributed by atoms with Crippen LogP contribution in [-0.4, -0.2) is 74.3 Å². The molecule has 0 aromatic heterocycles. The van der Waals surface area contributed by atoms with Crippen LogP contribution in [0.2, 0.25) is 0 Å². The van der Waals surface area contributed by atoms with Crippen molar-refractivity contribution in [3.8, 4) is 0 Å². The summed E-state index contributed by atoms with van der Waals surface area (Å²) in [6.07, 6.45) is 60.4. The Balaban J connectivity index is 5.41. The Morgan fingerprint density at radius 1 is 0.515 bits per heavy atom. The van der Waals surface area contributed by atoms with Crippen LogP contribution in [-0.2, 0) is 27.9 Å². The molecule has 0 aliphatic heterocycles. The summed E-state index contributed by atoms with van der Waals surface area (Å²) in [5, 5.41) is 3.02. The molecule has 0 aliphatic carbocycles. The van der Waals surface area contributed by atoms with Gasteiger partial charge in [-0.05, 0) is 96.0 Å². The molecule has 68 heavy (non-hydrogen) atoms. The molecule has 0 aromatic carbocycles. The average molecular weight is 974 g/mol. The highest BCUT2D eigenvalue weighted by molar-refractivity contribution is 7.47. The summed E-state index contributed by atoms with van der Waals surface area (Å²) in [6, 6.07) is -0.866. The van der Waals surface area contributed by atoms with E-state index in [2.05, 4.69) is 86.8 Å². The van der Waals surface area contributed by atoms with Gasteiger partial charge in [0.15, 0.2) is 0 Å². The third kappa shape index (κ3) is 48.5. The van der Waals surface area contributed by atoms with Gasteiger partial charge in [0.25, 0.3) is 0 Å². The first-order valence-corrected chi connectivity index (χ1v) is 29.3. The summed E-state index contributed by atoms with van der Waals surface area (Å²) in [7, 11) is 1.46. The largest absolute Gasteiger partial charge is 0.472 e. The van der Waals surface area contributed by atoms with Crippen LogP contribution in [0.4, 0.5) is 0 Å². The van der Waals surface area contributed by atoms with Crippen LogP contribution >= 0.6 is 7.82 Å². The molecule has 3 atom stereocenters. The van der Waals surface area contributed by atoms with Gasteiger partial charge in [0.1, 0.15) is 19.3 Å². The van der Waals surface area contributed by atoms with Gasteiger partial charge >= 0.3 is 13.8 Å². The maximum Gasteiger partial charge on any atom is 0.472 e. The topological polar surface area (TPSA) is 111 Å². The molecule has 10 heteroatoms. The number of allylic oxidation sites excluding steroid dienone is 11. The number of amides is 1. The number of phosphoric ester groups is 1. The second-order valence-corrected chi connectivity index (χ2v) is 21.2. The van der Waals surface area contributed by atoms with Crippen molar-refractivity contribution in [1.82, 2.24) is 5.32 Å². The molecule has 1 amide bonds. The lowest BCUT2D eigenvalue weighted by atomic mass is 10.0. The number of nitrogens with one attached hydrogen (secondary N) is 1. The van der Waals surface area contributed by atoms with Crippen LogP contribution in [0, 0.1) is 0 Å². The first-order valence-electron chi connectivity index (χ1n) is 27.8. The molecule has 0 aromatic rings. The summed E-state index contributed by atoms with van der Waals surface area (Å²) in [6.45, 7) is 6.90. The van der Waals surface area contributed by atoms with Crippen molar-refractivity contribution in [2.75, 3.05) is 40.9 Å². The van der Waals surface area contributed by atoms with Crippen LogP contribution in [0.5, 0.6) is 0 Å². The Bertz CT molecular complexity index is 1400. The minimum Gasteiger partial charge on any atom is -0.456 e. The van der Waals surface area contributed by atoms with Gasteiger partial charge in [-0.3, -0.25) is 18.6 Å². The number of rotatable bonds is 49. The van der Waals surface area contributed by atoms with Crippen molar-refractivity contribution in [3.63, 3.8) is 0 Å². The molecule has 9 nitrogen and oxygen atoms in total. The van der Waals surface area contributed by atoms with E-state index in [1.807, 2.05) is 33.3 Å². The number of nitrogens with zero attached hydrogens (tertiary/aromatic N) is 1. The fourth-order valence-electron chi connectivity index (χ4n) is 7.49. The predicted molar refractivity (Wildman–Crippen MR) is 291 cm³/mol. The number of ether oxygens (including phenoxy) is 1. The number of quaternary nitrogens is 1. The number of esters is 1. The zero-order chi connectivity index (χ0) is 50.1. The Morgan fingerprint density at radius 2 is 0.912 bits per heavy atom. The van der Waals surface area contributed by atoms with E-state index in [4.69, 9.17) is 13.8 Å². The monoisotopic (exact) mass is 974 g/mol. The average Bonchev–Trinajstić information content (AvgIpc) is 3.29. The van der Waals surface area contributed by atoms with Gasteiger partial charge in [0, 0.05) is 12.8 Å². The zero-order valence-corrected chi connectivity index (χ0v) is 45.7. The first-order chi connectivity index (χ1) is 32.9. The molecule has 0 saturated heterocycles. The number of carbonyl (C=O) groups excluding carboxylic acids is 2. The normalized spacial score (nSPS) is 14.4. The van der Waals surface area contributed by atoms with Gasteiger partial charge in [-0.2, -0.15) is 0 Å². The minimum atomic E-state index is -4.45. The molecule has 0 saturated carbocycles. The summed E-state index contributed by atoms with van der Waals surface area (Å²) < 4.78 is 30.5. The van der Waals surface area contributed by atoms with Gasteiger partial charge in [0.2, 0.25) is 5.91 Å². The lowest BCUT2D eigenvalue weighted by Gasteiger charge is -2.27. The van der Waals surface area contributed by atoms with E-state index in [1.54, 1.807) is 0 Å². The standard InChI is InChI=1S/C58H105N2O7P/c1-7-10-13-16-19-22-25-27-28-29-30-31-32-33-36-39-42-45-48-51-58(62)67-56(49-46-43-40-37-35-26-23-20-17-14-11-8-2)55(54-66-68(63,64)65-53-52-60(4,5)6)59-57(61)50-47-44-41-38-34-24-21-18-15-12-9-3/h18-19,21-22,27-28,30-31,33,36,46,49,55-56H,7-17,20,23-26,29,32,34-35,37-45,47-48,50-54H2,1-6H3,(H-,59,61,63,64)/p+1/b21-18-,22-19-,28-27-,31-30-,36-33-,49-46-. The van der Waals surface area contributed by atoms with Crippen LogP contribution in [0.3, 0.4) is 0 Å². The number of hydrogen-bond donors (Lipinski definition) is 2. The molecule has 0 spiro atoms. The fourth-order valence-corrected chi connectivity index (χ4v) is 8.23. The third-order valence-corrected chi connectivity index (χ3v) is 12.9. The molecule has 3 unspecified atom stereocenters. The molecular weight excluding hydrogens is 868 g/mol. The molecule has 0 bridgehead atoms. The maximum absolute atomic E-state index is 13.4. The van der Waals surface area contributed by atoms with E-state index in [0.717, 1.165) is 103 Å². The third-order valence-electron chi connectivity index (χ3n) is 11.9. The van der Waals surface area contributed by atoms with E-state index in [0.29, 0.717) is 23.9 Å². The van der Waals surface area contributed by atoms with Crippen molar-refractivity contribution >= 4 is 19.7 Å². The molecule has 0 radical (unpaired) electrons. The minimum absolute atomic E-state index is 0.0308. The van der Waals surface area contributed by atoms with Gasteiger partial charge < -0.3 is 19.4 Å². The smallest absolute Gasteiger partial charge is 0.456 e. The number of unbranched alkanes of at least 4 members (excludes halogenated alkanes) is 23. The van der Waals surface area contributed by atoms with Crippen LogP contribution in [0.25, 0.3) is 0 Å². The summed E-state index contributed by atoms with van der Waals surface area (Å²) >= 11 is 0. The Morgan fingerprint density at radius 3 is 1.44 bits per heavy atom. The maximum atomic E-state index is 13.4. The first kappa shape index (κ1) is 65.5. The second kappa shape index (κ2) is 48.1. The summed E-state index contributed by atoms with van der Waals surface area (Å²) in [5.74, 6) is -0.556. The number of phosphoric acid groups is 1. The Kier molecular flexibility index (Phi) is 46.3. The van der Waals surface area contributed by atoms with E-state index >= 15 is 0 Å². The fraction of sp³-hybridized carbons (Fsp3) is 0.759. The molecule has 2 N–H and O–H groups in total. The van der Waals surface area contributed by atoms with Crippen molar-refractivity contribution in [2.24, 2.45) is 0 Å². The molecule has 0 aliphatic rings. The lowest BCUT2D eigenvalue weighted by Crippen LogP contribution is -2.47. The van der Waals surface area contributed by atoms with Crippen LogP contribution in [0.15, 0.2) is 72.9 Å². The number of likely N-dealkylation sites (N-methyl/N-ethyl adjacent to an activating group) is 1. The number of carbonyl (C=O) groups is 2. The Labute approximate surface area is 419 Å². The van der Waals surface area contributed by atoms with Gasteiger partial charge in [-0.25, -0.2) is 4.57 Å². The van der Waals surface area contributed by atoms with Gasteiger partial charge in [-0.15, -0.1) is 0 Å². The van der Waals surface area contributed by atoms with Crippen molar-refractivity contribution in [2.45, 2.75) is 245 Å². The van der Waals surface area contributed by atoms with E-state index in [-0.39, 0.29) is 31.5 Å². The van der Waals surface area contributed by atoms with Crippen molar-refractivity contribution < 1.29 is 37.3 Å². The van der Waals surface area contributed by atoms with E-state index < -0.39 is 20.0 Å². The molecule has 394 valence electrons. The molecule has 0 heterocycles. The van der Waals surface area contributed by atoms with E-state index in [9.17, 15) is 19.0 Å². The molecule has 0 rings (SSSR count). The summed E-state index contributed by atoms with van der Waals surface area (Å²) in [4.78, 5) is 37.5. The second-order valence-electron chi connectivity index (χ2n) is 19.7. The van der Waals surface area contributed by atoms with Gasteiger partial charge in [0.05, 0.1) is 33.8 Å². The Hall–Kier alpha value is -2.55. The van der Waals surface area contributed by atoms with Crippen molar-refractivity contribution in [1.29, 1.82) is 0 Å². The molecule has 0 fully saturated rings. The highest BCUT2D eigenvalue weighted by Crippen LogP contribution is 2.43. The predicted octanol–water partition coefficient (Wildman–Crippen LogP) is 16.5. The van der Waals surface area contributed by atoms with Crippen LogP contribution < -0.4 is 5.32 Å². The lowest BCUT2D eigenvalue weighted by molar-refractivity contribution is -0.870. The number of hydrogen-bond acceptors (Lipinski definition) is 6. The quantitative estimate of drug-likeness (QED) is 0.0205. The SMILES string of the molecule is CCCC/C=C\CCCCCCCC(=O)NC(COP(=O)(O)OCC[N+](C)(C)C)C(/C=C\CCCCCCCCCCCC)OC(=O)CCCCC/C=C\C/C=C\C/C=C\C/C=C\CCCCC. The highest BCUT2D eigenvalue weighted by atomic mass is 31.2. The van der Waals surface area contributed by atoms with Crippen molar-refractivity contribution in [3.05, 3.63) is 72.9 Å². The van der Waals surface area contributed by atoms with E-state index in [1.165, 1.54) is 89.9 Å². The van der Waals surface area contributed by atoms with Crippen LogP contribution in [0.1, 0.15) is 233 Å². The van der Waals surface area contributed by atoms with Gasteiger partial charge in [-0.1, -0.05) is 197 Å². The summed E-state index contributed by atoms with van der Waals surface area (Å²) in [5.41, 5.74) is 0.